The molecule has 3 aromatic carbocycles. The number of carbonyl (C=O) groups excluding carboxylic acids is 3. The van der Waals surface area contributed by atoms with Crippen molar-refractivity contribution in [2.75, 3.05) is 19.1 Å². The quantitative estimate of drug-likeness (QED) is 0.275. The van der Waals surface area contributed by atoms with E-state index in [0.717, 1.165) is 19.2 Å². The van der Waals surface area contributed by atoms with Crippen LogP contribution >= 0.6 is 11.6 Å². The molecule has 11 heteroatoms. The molecule has 0 aromatic heterocycles. The third-order valence-corrected chi connectivity index (χ3v) is 7.98. The Labute approximate surface area is 250 Å². The number of rotatable bonds is 5. The second-order valence-corrected chi connectivity index (χ2v) is 10.5. The minimum atomic E-state index is -4.68. The maximum Gasteiger partial charge on any atom is 0.416 e. The molecule has 0 unspecified atom stereocenters. The first-order valence-corrected chi connectivity index (χ1v) is 13.6. The summed E-state index contributed by atoms with van der Waals surface area (Å²) in [7, 11) is 2.30. The van der Waals surface area contributed by atoms with Gasteiger partial charge in [-0.2, -0.15) is 13.2 Å². The van der Waals surface area contributed by atoms with Crippen LogP contribution in [-0.4, -0.2) is 31.9 Å². The van der Waals surface area contributed by atoms with E-state index in [-0.39, 0.29) is 34.8 Å². The Hall–Kier alpha value is -4.57. The van der Waals surface area contributed by atoms with Gasteiger partial charge in [0.25, 0.3) is 0 Å². The van der Waals surface area contributed by atoms with E-state index in [4.69, 9.17) is 26.8 Å². The standard InChI is InChI=1S/C32H26ClF3N2O5/c1-42-30(40)25-22(17-8-4-3-5-9-17)16-23-26(28(25)39)24(18-10-6-12-20(33)14-18)27(31(41)43-2)29(37)38(23)21-13-7-11-19(15-21)32(34,35)36/h3-15,22,24-25H,16,37H2,1-2H3/t22-,24-,25-/m0/s1. The summed E-state index contributed by atoms with van der Waals surface area (Å²) in [5, 5.41) is 0.303. The lowest BCUT2D eigenvalue weighted by molar-refractivity contribution is -0.150. The molecule has 0 amide bonds. The van der Waals surface area contributed by atoms with Gasteiger partial charge in [-0.3, -0.25) is 14.5 Å². The molecule has 1 aliphatic carbocycles. The minimum Gasteiger partial charge on any atom is -0.468 e. The summed E-state index contributed by atoms with van der Waals surface area (Å²) in [4.78, 5) is 42.4. The van der Waals surface area contributed by atoms with Crippen LogP contribution in [0.2, 0.25) is 5.02 Å². The number of nitrogens with two attached hydrogens (primary N) is 1. The number of nitrogens with zero attached hydrogens (tertiary/aromatic N) is 1. The summed E-state index contributed by atoms with van der Waals surface area (Å²) in [5.74, 6) is -5.76. The topological polar surface area (TPSA) is 98.9 Å². The summed E-state index contributed by atoms with van der Waals surface area (Å²) < 4.78 is 51.5. The van der Waals surface area contributed by atoms with E-state index in [2.05, 4.69) is 0 Å². The van der Waals surface area contributed by atoms with E-state index < -0.39 is 47.2 Å². The number of halogens is 4. The fourth-order valence-corrected chi connectivity index (χ4v) is 6.08. The molecule has 3 atom stereocenters. The van der Waals surface area contributed by atoms with Gasteiger partial charge in [-0.1, -0.05) is 60.1 Å². The summed E-state index contributed by atoms with van der Waals surface area (Å²) >= 11 is 6.31. The van der Waals surface area contributed by atoms with Crippen molar-refractivity contribution in [2.45, 2.75) is 24.4 Å². The van der Waals surface area contributed by atoms with Crippen LogP contribution in [0.5, 0.6) is 0 Å². The number of methoxy groups -OCH3 is 2. The third-order valence-electron chi connectivity index (χ3n) is 7.74. The van der Waals surface area contributed by atoms with E-state index in [1.165, 1.54) is 24.1 Å². The number of ketones is 1. The summed E-state index contributed by atoms with van der Waals surface area (Å²) in [6, 6.07) is 19.6. The van der Waals surface area contributed by atoms with Gasteiger partial charge < -0.3 is 15.2 Å². The van der Waals surface area contributed by atoms with Gasteiger partial charge in [-0.05, 0) is 47.9 Å². The van der Waals surface area contributed by atoms with Gasteiger partial charge in [-0.25, -0.2) is 4.79 Å². The number of anilines is 1. The molecule has 5 rings (SSSR count). The number of carbonyl (C=O) groups is 3. The van der Waals surface area contributed by atoms with Crippen molar-refractivity contribution in [2.24, 2.45) is 11.7 Å². The minimum absolute atomic E-state index is 0.00726. The number of allylic oxidation sites excluding steroid dienone is 2. The molecule has 43 heavy (non-hydrogen) atoms. The van der Waals surface area contributed by atoms with Gasteiger partial charge >= 0.3 is 18.1 Å². The van der Waals surface area contributed by atoms with Gasteiger partial charge in [0.05, 0.1) is 31.3 Å². The summed E-state index contributed by atoms with van der Waals surface area (Å²) in [6.07, 6.45) is -4.67. The first kappa shape index (κ1) is 29.9. The Morgan fingerprint density at radius 3 is 2.23 bits per heavy atom. The maximum atomic E-state index is 14.6. The molecule has 0 spiro atoms. The van der Waals surface area contributed by atoms with Crippen LogP contribution in [0.1, 0.15) is 34.9 Å². The second kappa shape index (κ2) is 11.6. The Kier molecular flexibility index (Phi) is 8.07. The number of hydrogen-bond donors (Lipinski definition) is 1. The van der Waals surface area contributed by atoms with Gasteiger partial charge in [0.2, 0.25) is 0 Å². The Morgan fingerprint density at radius 2 is 1.60 bits per heavy atom. The number of hydrogen-bond acceptors (Lipinski definition) is 7. The molecule has 2 aliphatic rings. The second-order valence-electron chi connectivity index (χ2n) is 10.1. The molecule has 1 aliphatic heterocycles. The molecule has 1 heterocycles. The fourth-order valence-electron chi connectivity index (χ4n) is 5.88. The van der Waals surface area contributed by atoms with Crippen molar-refractivity contribution in [3.63, 3.8) is 0 Å². The van der Waals surface area contributed by atoms with Crippen molar-refractivity contribution in [3.05, 3.63) is 123 Å². The highest BCUT2D eigenvalue weighted by Gasteiger charge is 2.51. The zero-order chi connectivity index (χ0) is 31.1. The number of Topliss-reactive ketones (excluding diaryl/α,β-unsaturated/α-hetero) is 1. The van der Waals surface area contributed by atoms with E-state index in [1.54, 1.807) is 54.6 Å². The molecular formula is C32H26ClF3N2O5. The fraction of sp³-hybridized carbons (Fsp3) is 0.219. The van der Waals surface area contributed by atoms with Crippen LogP contribution in [0.25, 0.3) is 0 Å². The van der Waals surface area contributed by atoms with Crippen molar-refractivity contribution < 1.29 is 37.0 Å². The predicted octanol–water partition coefficient (Wildman–Crippen LogP) is 6.11. The molecule has 0 bridgehead atoms. The highest BCUT2D eigenvalue weighted by Crippen LogP contribution is 2.52. The van der Waals surface area contributed by atoms with Gasteiger partial charge in [0.15, 0.2) is 5.78 Å². The Balaban J connectivity index is 1.85. The number of benzene rings is 3. The number of alkyl halides is 3. The molecule has 222 valence electrons. The largest absolute Gasteiger partial charge is 0.468 e. The average Bonchev–Trinajstić information content (AvgIpc) is 2.99. The average molecular weight is 611 g/mol. The summed E-state index contributed by atoms with van der Waals surface area (Å²) in [6.45, 7) is 0. The first-order chi connectivity index (χ1) is 20.5. The van der Waals surface area contributed by atoms with Gasteiger partial charge in [0, 0.05) is 27.9 Å². The number of ether oxygens (including phenoxy) is 2. The van der Waals surface area contributed by atoms with Gasteiger partial charge in [-0.15, -0.1) is 0 Å². The predicted molar refractivity (Wildman–Crippen MR) is 153 cm³/mol. The molecule has 0 saturated carbocycles. The zero-order valence-corrected chi connectivity index (χ0v) is 23.8. The highest BCUT2D eigenvalue weighted by molar-refractivity contribution is 6.30. The van der Waals surface area contributed by atoms with Crippen molar-refractivity contribution in [3.8, 4) is 0 Å². The van der Waals surface area contributed by atoms with Crippen LogP contribution < -0.4 is 10.6 Å². The van der Waals surface area contributed by atoms with E-state index >= 15 is 0 Å². The van der Waals surface area contributed by atoms with Gasteiger partial charge in [0.1, 0.15) is 11.7 Å². The molecular weight excluding hydrogens is 585 g/mol. The van der Waals surface area contributed by atoms with Crippen LogP contribution in [0.15, 0.2) is 102 Å². The molecule has 2 N–H and O–H groups in total. The van der Waals surface area contributed by atoms with Crippen LogP contribution in [0.3, 0.4) is 0 Å². The molecule has 0 fully saturated rings. The smallest absolute Gasteiger partial charge is 0.416 e. The van der Waals surface area contributed by atoms with Crippen molar-refractivity contribution in [1.29, 1.82) is 0 Å². The SMILES string of the molecule is COC(=O)C1=C(N)N(c2cccc(C(F)(F)F)c2)C2=C(C(=O)[C@@H](C(=O)OC)[C@H](c3ccccc3)C2)[C@@H]1c1cccc(Cl)c1. The van der Waals surface area contributed by atoms with Crippen molar-refractivity contribution in [1.82, 2.24) is 0 Å². The first-order valence-electron chi connectivity index (χ1n) is 13.2. The Bertz CT molecular complexity index is 1670. The highest BCUT2D eigenvalue weighted by atomic mass is 35.5. The lowest BCUT2D eigenvalue weighted by Gasteiger charge is -2.44. The van der Waals surface area contributed by atoms with E-state index in [9.17, 15) is 27.6 Å². The Morgan fingerprint density at radius 1 is 0.930 bits per heavy atom. The van der Waals surface area contributed by atoms with E-state index in [1.807, 2.05) is 0 Å². The third kappa shape index (κ3) is 5.38. The zero-order valence-electron chi connectivity index (χ0n) is 23.0. The molecule has 0 saturated heterocycles. The molecule has 3 aromatic rings. The number of esters is 2. The molecule has 7 nitrogen and oxygen atoms in total. The van der Waals surface area contributed by atoms with Crippen LogP contribution in [-0.2, 0) is 30.0 Å². The summed E-state index contributed by atoms with van der Waals surface area (Å²) in [5.41, 5.74) is 6.80. The van der Waals surface area contributed by atoms with Crippen LogP contribution in [0, 0.1) is 5.92 Å². The maximum absolute atomic E-state index is 14.6. The van der Waals surface area contributed by atoms with Crippen LogP contribution in [0.4, 0.5) is 18.9 Å². The molecule has 0 radical (unpaired) electrons. The van der Waals surface area contributed by atoms with E-state index in [0.29, 0.717) is 16.1 Å². The lowest BCUT2D eigenvalue weighted by atomic mass is 9.67. The van der Waals surface area contributed by atoms with Crippen molar-refractivity contribution >= 4 is 35.0 Å². The lowest BCUT2D eigenvalue weighted by Crippen LogP contribution is -2.46. The normalized spacial score (nSPS) is 20.6. The monoisotopic (exact) mass is 610 g/mol.